The third-order valence-electron chi connectivity index (χ3n) is 11.7. The lowest BCUT2D eigenvalue weighted by Crippen LogP contribution is -2.18. The van der Waals surface area contributed by atoms with E-state index >= 15 is 0 Å². The van der Waals surface area contributed by atoms with Crippen LogP contribution >= 0.6 is 11.3 Å². The maximum Gasteiger partial charge on any atom is 0.165 e. The van der Waals surface area contributed by atoms with Crippen molar-refractivity contribution >= 4 is 55.0 Å². The number of aryl methyl sites for hydroxylation is 1. The van der Waals surface area contributed by atoms with Crippen LogP contribution in [-0.2, 0) is 6.42 Å². The van der Waals surface area contributed by atoms with Crippen molar-refractivity contribution < 1.29 is 4.74 Å². The Morgan fingerprint density at radius 2 is 1.33 bits per heavy atom. The highest BCUT2D eigenvalue weighted by Crippen LogP contribution is 2.46. The first-order chi connectivity index (χ1) is 28.2. The van der Waals surface area contributed by atoms with Crippen LogP contribution in [0.4, 0.5) is 0 Å². The maximum absolute atomic E-state index is 6.82. The van der Waals surface area contributed by atoms with Crippen molar-refractivity contribution in [3.63, 3.8) is 0 Å². The van der Waals surface area contributed by atoms with Gasteiger partial charge in [-0.05, 0) is 72.0 Å². The molecule has 6 heteroatoms. The van der Waals surface area contributed by atoms with Gasteiger partial charge in [0, 0.05) is 59.6 Å². The molecule has 0 fully saturated rings. The number of hydrogen-bond acceptors (Lipinski definition) is 5. The van der Waals surface area contributed by atoms with E-state index in [2.05, 4.69) is 156 Å². The van der Waals surface area contributed by atoms with Gasteiger partial charge in [0.1, 0.15) is 11.9 Å². The molecule has 57 heavy (non-hydrogen) atoms. The van der Waals surface area contributed by atoms with E-state index in [0.29, 0.717) is 17.5 Å². The number of thiophene rings is 1. The lowest BCUT2D eigenvalue weighted by Gasteiger charge is -2.20. The maximum atomic E-state index is 6.82. The van der Waals surface area contributed by atoms with Gasteiger partial charge in [-0.25, -0.2) is 15.0 Å². The Kier molecular flexibility index (Phi) is 7.29. The van der Waals surface area contributed by atoms with E-state index in [1.54, 1.807) is 0 Å². The van der Waals surface area contributed by atoms with Crippen molar-refractivity contribution in [1.29, 1.82) is 0 Å². The zero-order valence-electron chi connectivity index (χ0n) is 30.8. The van der Waals surface area contributed by atoms with Crippen LogP contribution in [0.25, 0.3) is 89.0 Å². The average molecular weight is 751 g/mol. The summed E-state index contributed by atoms with van der Waals surface area (Å²) in [5, 5.41) is 3.74. The van der Waals surface area contributed by atoms with Gasteiger partial charge >= 0.3 is 0 Å². The summed E-state index contributed by atoms with van der Waals surface area (Å²) in [6.45, 7) is 0. The molecular formula is C51H34N4OS. The highest BCUT2D eigenvalue weighted by Gasteiger charge is 2.34. The van der Waals surface area contributed by atoms with Gasteiger partial charge in [0.15, 0.2) is 17.5 Å². The number of para-hydroxylation sites is 1. The smallest absolute Gasteiger partial charge is 0.165 e. The molecule has 5 nitrogen and oxygen atoms in total. The zero-order valence-corrected chi connectivity index (χ0v) is 31.7. The summed E-state index contributed by atoms with van der Waals surface area (Å²) in [6, 6.07) is 49.2. The molecule has 2 unspecified atom stereocenters. The van der Waals surface area contributed by atoms with Crippen molar-refractivity contribution in [1.82, 2.24) is 19.5 Å². The second kappa shape index (κ2) is 12.8. The average Bonchev–Trinajstić information content (AvgIpc) is 3.95. The largest absolute Gasteiger partial charge is 0.485 e. The molecular weight excluding hydrogens is 717 g/mol. The van der Waals surface area contributed by atoms with E-state index in [-0.39, 0.29) is 12.0 Å². The second-order valence-electron chi connectivity index (χ2n) is 15.0. The van der Waals surface area contributed by atoms with Gasteiger partial charge in [-0.2, -0.15) is 0 Å². The van der Waals surface area contributed by atoms with Crippen molar-refractivity contribution in [2.45, 2.75) is 24.9 Å². The first-order valence-electron chi connectivity index (χ1n) is 19.6. The standard InChI is InChI=1S/C51H34N4OS/c1-3-12-31(13-4-1)33-23-27-44-42(28-33)36-16-7-9-20-43(36)55(44)35-24-26-38-37-25-22-34(29-45(37)56-46(38)30-35)50-52-49(32-14-5-2-6-15-32)53-51(54-50)41-19-11-18-40-39-17-8-10-21-47(39)57-48(40)41/h1-9,11-20,22-30,38,46H,10,21H2. The fourth-order valence-electron chi connectivity index (χ4n) is 8.92. The van der Waals surface area contributed by atoms with Gasteiger partial charge < -0.3 is 9.30 Å². The fourth-order valence-corrected chi connectivity index (χ4v) is 10.2. The Morgan fingerprint density at radius 3 is 2.21 bits per heavy atom. The minimum absolute atomic E-state index is 0.112. The van der Waals surface area contributed by atoms with Gasteiger partial charge in [0.05, 0.1) is 11.0 Å². The van der Waals surface area contributed by atoms with Crippen LogP contribution in [0.2, 0.25) is 0 Å². The van der Waals surface area contributed by atoms with Gasteiger partial charge in [0.25, 0.3) is 0 Å². The predicted molar refractivity (Wildman–Crippen MR) is 234 cm³/mol. The third kappa shape index (κ3) is 5.25. The van der Waals surface area contributed by atoms with Crippen LogP contribution in [0.1, 0.15) is 28.3 Å². The number of nitrogens with zero attached hydrogens (tertiary/aromatic N) is 4. The molecule has 4 heterocycles. The van der Waals surface area contributed by atoms with Crippen molar-refractivity contribution in [2.75, 3.05) is 0 Å². The van der Waals surface area contributed by atoms with Crippen LogP contribution in [0.15, 0.2) is 164 Å². The summed E-state index contributed by atoms with van der Waals surface area (Å²) >= 11 is 1.87. The minimum Gasteiger partial charge on any atom is -0.485 e. The molecule has 3 aliphatic rings. The molecule has 270 valence electrons. The van der Waals surface area contributed by atoms with Gasteiger partial charge in [-0.1, -0.05) is 127 Å². The molecule has 0 saturated carbocycles. The monoisotopic (exact) mass is 750 g/mol. The number of allylic oxidation sites excluding steroid dienone is 3. The number of fused-ring (bicyclic) bond motifs is 9. The van der Waals surface area contributed by atoms with E-state index in [1.807, 2.05) is 29.5 Å². The molecule has 9 aromatic rings. The van der Waals surface area contributed by atoms with Crippen LogP contribution in [0.5, 0.6) is 5.75 Å². The number of hydrogen-bond donors (Lipinski definition) is 0. The number of rotatable bonds is 5. The molecule has 0 spiro atoms. The van der Waals surface area contributed by atoms with Crippen molar-refractivity contribution in [3.05, 3.63) is 180 Å². The van der Waals surface area contributed by atoms with Crippen molar-refractivity contribution in [2.24, 2.45) is 0 Å². The normalized spacial score (nSPS) is 16.7. The molecule has 2 aliphatic carbocycles. The topological polar surface area (TPSA) is 52.8 Å². The number of benzene rings is 6. The molecule has 0 bridgehead atoms. The Labute approximate surface area is 333 Å². The highest BCUT2D eigenvalue weighted by atomic mass is 32.1. The molecule has 3 aromatic heterocycles. The molecule has 1 aliphatic heterocycles. The van der Waals surface area contributed by atoms with E-state index in [1.165, 1.54) is 59.0 Å². The van der Waals surface area contributed by atoms with Crippen LogP contribution in [-0.4, -0.2) is 25.6 Å². The van der Waals surface area contributed by atoms with Crippen molar-refractivity contribution in [3.8, 4) is 51.0 Å². The first kappa shape index (κ1) is 32.4. The third-order valence-corrected chi connectivity index (χ3v) is 13.0. The van der Waals surface area contributed by atoms with E-state index in [9.17, 15) is 0 Å². The summed E-state index contributed by atoms with van der Waals surface area (Å²) in [7, 11) is 0. The van der Waals surface area contributed by atoms with Gasteiger partial charge in [-0.3, -0.25) is 0 Å². The minimum atomic E-state index is -0.139. The van der Waals surface area contributed by atoms with Crippen LogP contribution in [0.3, 0.4) is 0 Å². The Bertz CT molecular complexity index is 3170. The lowest BCUT2D eigenvalue weighted by molar-refractivity contribution is 0.269. The Balaban J connectivity index is 0.928. The number of ether oxygens (including phenoxy) is 1. The van der Waals surface area contributed by atoms with E-state index in [0.717, 1.165) is 41.0 Å². The van der Waals surface area contributed by atoms with Crippen LogP contribution < -0.4 is 4.74 Å². The molecule has 0 saturated heterocycles. The van der Waals surface area contributed by atoms with Gasteiger partial charge in [-0.15, -0.1) is 11.3 Å². The Morgan fingerprint density at radius 1 is 0.596 bits per heavy atom. The molecule has 0 radical (unpaired) electrons. The van der Waals surface area contributed by atoms with E-state index < -0.39 is 0 Å². The predicted octanol–water partition coefficient (Wildman–Crippen LogP) is 12.8. The summed E-state index contributed by atoms with van der Waals surface area (Å²) < 4.78 is 10.4. The summed E-state index contributed by atoms with van der Waals surface area (Å²) in [5.74, 6) is 2.94. The second-order valence-corrected chi connectivity index (χ2v) is 16.1. The van der Waals surface area contributed by atoms with E-state index in [4.69, 9.17) is 19.7 Å². The summed E-state index contributed by atoms with van der Waals surface area (Å²) in [5.41, 5.74) is 11.3. The van der Waals surface area contributed by atoms with Gasteiger partial charge in [0.2, 0.25) is 0 Å². The van der Waals surface area contributed by atoms with Crippen LogP contribution in [0, 0.1) is 0 Å². The molecule has 12 rings (SSSR count). The number of aromatic nitrogens is 4. The molecule has 2 atom stereocenters. The molecule has 0 amide bonds. The fraction of sp³-hybridized carbons (Fsp3) is 0.0784. The SMILES string of the molecule is C1=Cc2c(sc3c(-c4nc(-c5ccccc5)nc(-c5ccc6c(c5)OC5C=C(n7c8ccccc8c8cc(-c9ccccc9)ccc87)C=CC65)n4)cccc23)CC1. The lowest BCUT2D eigenvalue weighted by atomic mass is 9.90. The summed E-state index contributed by atoms with van der Waals surface area (Å²) in [6.07, 6.45) is 13.4. The first-order valence-corrected chi connectivity index (χ1v) is 20.4. The highest BCUT2D eigenvalue weighted by molar-refractivity contribution is 7.20. The molecule has 6 aromatic carbocycles. The Hall–Kier alpha value is -6.89. The summed E-state index contributed by atoms with van der Waals surface area (Å²) in [4.78, 5) is 16.8. The quantitative estimate of drug-likeness (QED) is 0.176. The molecule has 0 N–H and O–H groups in total. The zero-order chi connectivity index (χ0) is 37.5.